The number of hydrogen-bond donors (Lipinski definition) is 0. The Labute approximate surface area is 167 Å². The van der Waals surface area contributed by atoms with E-state index < -0.39 is 23.8 Å². The highest BCUT2D eigenvalue weighted by Gasteiger charge is 2.36. The van der Waals surface area contributed by atoms with Gasteiger partial charge >= 0.3 is 11.9 Å². The molecule has 0 saturated carbocycles. The van der Waals surface area contributed by atoms with Crippen LogP contribution in [0.3, 0.4) is 0 Å². The van der Waals surface area contributed by atoms with Crippen LogP contribution in [0.5, 0.6) is 0 Å². The third kappa shape index (κ3) is 4.50. The van der Waals surface area contributed by atoms with E-state index in [1.807, 2.05) is 0 Å². The summed E-state index contributed by atoms with van der Waals surface area (Å²) in [5, 5.41) is 0. The summed E-state index contributed by atoms with van der Waals surface area (Å²) in [5.41, 5.74) is 0. The van der Waals surface area contributed by atoms with Gasteiger partial charge in [0.05, 0.1) is 24.0 Å². The largest absolute Gasteiger partial charge is 0.466 e. The summed E-state index contributed by atoms with van der Waals surface area (Å²) in [6, 6.07) is 0. The van der Waals surface area contributed by atoms with E-state index in [9.17, 15) is 19.2 Å². The summed E-state index contributed by atoms with van der Waals surface area (Å²) < 4.78 is 9.52. The molecule has 0 aromatic rings. The van der Waals surface area contributed by atoms with Crippen LogP contribution in [-0.2, 0) is 28.7 Å². The fourth-order valence-electron chi connectivity index (χ4n) is 1.92. The van der Waals surface area contributed by atoms with Crippen molar-refractivity contribution in [1.29, 1.82) is 0 Å². The second-order valence-electron chi connectivity index (χ2n) is 4.71. The zero-order valence-electron chi connectivity index (χ0n) is 13.5. The minimum absolute atomic E-state index is 0.0983. The fourth-order valence-corrected chi connectivity index (χ4v) is 4.45. The van der Waals surface area contributed by atoms with E-state index in [0.717, 1.165) is 35.7 Å². The molecule has 2 aliphatic rings. The van der Waals surface area contributed by atoms with E-state index in [1.54, 1.807) is 0 Å². The summed E-state index contributed by atoms with van der Waals surface area (Å²) in [7, 11) is 2.41. The van der Waals surface area contributed by atoms with Crippen LogP contribution in [0.25, 0.3) is 0 Å². The van der Waals surface area contributed by atoms with Crippen LogP contribution in [0.1, 0.15) is 0 Å². The number of ether oxygens (including phenoxy) is 2. The molecule has 2 heterocycles. The van der Waals surface area contributed by atoms with Gasteiger partial charge in [0.2, 0.25) is 0 Å². The van der Waals surface area contributed by atoms with Gasteiger partial charge in [-0.05, 0) is 0 Å². The zero-order valence-corrected chi connectivity index (χ0v) is 16.8. The van der Waals surface area contributed by atoms with Crippen molar-refractivity contribution < 1.29 is 28.7 Å². The van der Waals surface area contributed by atoms with Gasteiger partial charge in [-0.2, -0.15) is 0 Å². The Balaban J connectivity index is 2.05. The van der Waals surface area contributed by atoms with Gasteiger partial charge in [-0.1, -0.05) is 48.0 Å². The van der Waals surface area contributed by atoms with Gasteiger partial charge in [-0.15, -0.1) is 0 Å². The molecule has 0 radical (unpaired) electrons. The maximum Gasteiger partial charge on any atom is 0.331 e. The maximum atomic E-state index is 12.3. The van der Waals surface area contributed by atoms with Gasteiger partial charge < -0.3 is 9.47 Å². The summed E-state index contributed by atoms with van der Waals surface area (Å²) >= 11 is 12.2. The number of hydrogen-bond acceptors (Lipinski definition) is 10. The number of carbonyl (C=O) groups excluding carboxylic acids is 4. The maximum absolute atomic E-state index is 12.3. The van der Waals surface area contributed by atoms with Gasteiger partial charge in [-0.3, -0.25) is 19.4 Å². The Bertz CT molecular complexity index is 711. The Hall–Kier alpha value is -1.76. The zero-order chi connectivity index (χ0) is 19.4. The molecule has 0 aliphatic carbocycles. The average molecular weight is 433 g/mol. The smallest absolute Gasteiger partial charge is 0.331 e. The van der Waals surface area contributed by atoms with E-state index in [0.29, 0.717) is 0 Å². The van der Waals surface area contributed by atoms with Gasteiger partial charge in [0, 0.05) is 25.2 Å². The Morgan fingerprint density at radius 1 is 0.885 bits per heavy atom. The van der Waals surface area contributed by atoms with Gasteiger partial charge in [0.25, 0.3) is 11.8 Å². The van der Waals surface area contributed by atoms with Crippen LogP contribution >= 0.6 is 48.0 Å². The molecule has 0 atom stereocenters. The number of carbonyl (C=O) groups is 4. The van der Waals surface area contributed by atoms with Crippen molar-refractivity contribution in [3.63, 3.8) is 0 Å². The SMILES string of the molecule is COC(=O)/C=C1\SC(=S)N(CCN2C(=O)/C(=C/C(=O)OC)SC2=S)C1=O. The highest BCUT2D eigenvalue weighted by atomic mass is 32.2. The number of nitrogens with zero attached hydrogens (tertiary/aromatic N) is 2. The number of thioether (sulfide) groups is 2. The molecule has 0 unspecified atom stereocenters. The van der Waals surface area contributed by atoms with E-state index in [1.165, 1.54) is 24.0 Å². The molecule has 0 aromatic carbocycles. The van der Waals surface area contributed by atoms with Crippen molar-refractivity contribution >= 4 is 80.4 Å². The molecule has 0 N–H and O–H groups in total. The highest BCUT2D eigenvalue weighted by Crippen LogP contribution is 2.33. The predicted molar refractivity (Wildman–Crippen MR) is 104 cm³/mol. The van der Waals surface area contributed by atoms with Crippen LogP contribution in [0.15, 0.2) is 22.0 Å². The minimum Gasteiger partial charge on any atom is -0.466 e. The molecule has 0 bridgehead atoms. The van der Waals surface area contributed by atoms with Crippen molar-refractivity contribution in [2.75, 3.05) is 27.3 Å². The second-order valence-corrected chi connectivity index (χ2v) is 8.06. The molecule has 0 spiro atoms. The summed E-state index contributed by atoms with van der Waals surface area (Å²) in [6.07, 6.45) is 2.13. The molecule has 2 saturated heterocycles. The Morgan fingerprint density at radius 2 is 1.23 bits per heavy atom. The fraction of sp³-hybridized carbons (Fsp3) is 0.286. The topological polar surface area (TPSA) is 93.2 Å². The lowest BCUT2D eigenvalue weighted by Gasteiger charge is -2.19. The molecule has 2 fully saturated rings. The van der Waals surface area contributed by atoms with Crippen LogP contribution in [-0.4, -0.2) is 69.5 Å². The number of thiocarbonyl (C=S) groups is 2. The minimum atomic E-state index is -0.657. The molecular weight excluding hydrogens is 420 g/mol. The van der Waals surface area contributed by atoms with Crippen LogP contribution in [0, 0.1) is 0 Å². The Morgan fingerprint density at radius 3 is 1.54 bits per heavy atom. The van der Waals surface area contributed by atoms with Gasteiger partial charge in [0.15, 0.2) is 0 Å². The van der Waals surface area contributed by atoms with E-state index in [2.05, 4.69) is 9.47 Å². The third-order valence-electron chi connectivity index (χ3n) is 3.19. The lowest BCUT2D eigenvalue weighted by atomic mass is 10.4. The highest BCUT2D eigenvalue weighted by molar-refractivity contribution is 8.27. The quantitative estimate of drug-likeness (QED) is 0.353. The molecule has 26 heavy (non-hydrogen) atoms. The predicted octanol–water partition coefficient (Wildman–Crippen LogP) is 0.821. The Kier molecular flexibility index (Phi) is 6.92. The summed E-state index contributed by atoms with van der Waals surface area (Å²) in [5.74, 6) is -2.20. The number of esters is 2. The molecular formula is C14H12N2O6S4. The normalized spacial score (nSPS) is 20.5. The molecule has 8 nitrogen and oxygen atoms in total. The number of methoxy groups -OCH3 is 2. The van der Waals surface area contributed by atoms with Gasteiger partial charge in [-0.25, -0.2) is 9.59 Å². The van der Waals surface area contributed by atoms with Gasteiger partial charge in [0.1, 0.15) is 8.64 Å². The van der Waals surface area contributed by atoms with Crippen molar-refractivity contribution in [3.05, 3.63) is 22.0 Å². The first-order valence-corrected chi connectivity index (χ1v) is 9.40. The van der Waals surface area contributed by atoms with E-state index in [-0.39, 0.29) is 31.5 Å². The summed E-state index contributed by atoms with van der Waals surface area (Å²) in [4.78, 5) is 50.0. The third-order valence-corrected chi connectivity index (χ3v) is 5.95. The van der Waals surface area contributed by atoms with Crippen molar-refractivity contribution in [3.8, 4) is 0 Å². The first kappa shape index (κ1) is 20.6. The average Bonchev–Trinajstić information content (AvgIpc) is 3.02. The first-order chi connectivity index (χ1) is 12.3. The van der Waals surface area contributed by atoms with Crippen LogP contribution in [0.2, 0.25) is 0 Å². The summed E-state index contributed by atoms with van der Waals surface area (Å²) in [6.45, 7) is 0.197. The van der Waals surface area contributed by atoms with E-state index >= 15 is 0 Å². The number of rotatable bonds is 5. The molecule has 2 rings (SSSR count). The van der Waals surface area contributed by atoms with Crippen LogP contribution < -0.4 is 0 Å². The molecule has 2 amide bonds. The van der Waals surface area contributed by atoms with Crippen LogP contribution in [0.4, 0.5) is 0 Å². The van der Waals surface area contributed by atoms with Crippen molar-refractivity contribution in [2.24, 2.45) is 0 Å². The van der Waals surface area contributed by atoms with Crippen molar-refractivity contribution in [1.82, 2.24) is 9.80 Å². The molecule has 0 aromatic heterocycles. The molecule has 2 aliphatic heterocycles. The number of amides is 2. The molecule has 12 heteroatoms. The first-order valence-electron chi connectivity index (χ1n) is 6.95. The standard InChI is InChI=1S/C14H12N2O6S4/c1-21-9(17)5-7-11(19)15(13(23)25-7)3-4-16-12(20)8(26-14(16)24)6-10(18)22-2/h5-6H,3-4H2,1-2H3/b7-5-,8-6-. The monoisotopic (exact) mass is 432 g/mol. The lowest BCUT2D eigenvalue weighted by Crippen LogP contribution is -2.39. The second kappa shape index (κ2) is 8.75. The van der Waals surface area contributed by atoms with E-state index in [4.69, 9.17) is 24.4 Å². The van der Waals surface area contributed by atoms with Crippen molar-refractivity contribution in [2.45, 2.75) is 0 Å². The molecule has 138 valence electrons. The lowest BCUT2D eigenvalue weighted by molar-refractivity contribution is -0.136.